The number of amides is 2. The van der Waals surface area contributed by atoms with E-state index in [1.165, 1.54) is 0 Å². The van der Waals surface area contributed by atoms with Gasteiger partial charge in [-0.3, -0.25) is 14.6 Å². The third-order valence-corrected chi connectivity index (χ3v) is 8.31. The lowest BCUT2D eigenvalue weighted by Gasteiger charge is -2.38. The number of pyridine rings is 1. The van der Waals surface area contributed by atoms with Gasteiger partial charge in [-0.05, 0) is 73.7 Å². The fraction of sp³-hybridized carbons (Fsp3) is 0.406. The van der Waals surface area contributed by atoms with E-state index in [9.17, 15) is 9.59 Å². The van der Waals surface area contributed by atoms with Gasteiger partial charge in [-0.1, -0.05) is 48.5 Å². The number of rotatable bonds is 10. The molecule has 3 heterocycles. The number of aromatic nitrogens is 1. The minimum absolute atomic E-state index is 0.0110. The van der Waals surface area contributed by atoms with Crippen molar-refractivity contribution in [2.24, 2.45) is 5.41 Å². The fourth-order valence-corrected chi connectivity index (χ4v) is 5.92. The average Bonchev–Trinajstić information content (AvgIpc) is 3.27. The monoisotopic (exact) mass is 526 g/mol. The van der Waals surface area contributed by atoms with E-state index in [-0.39, 0.29) is 17.4 Å². The van der Waals surface area contributed by atoms with Crippen LogP contribution in [-0.2, 0) is 22.6 Å². The van der Waals surface area contributed by atoms with Crippen LogP contribution in [0.2, 0.25) is 0 Å². The molecule has 3 aromatic rings. The zero-order valence-corrected chi connectivity index (χ0v) is 22.7. The first-order valence-corrected chi connectivity index (χ1v) is 13.9. The predicted octanol–water partition coefficient (Wildman–Crippen LogP) is 4.40. The molecular formula is C32H38N4O3. The van der Waals surface area contributed by atoms with Gasteiger partial charge in [-0.15, -0.1) is 0 Å². The highest BCUT2D eigenvalue weighted by Crippen LogP contribution is 2.42. The average molecular weight is 527 g/mol. The molecule has 2 amide bonds. The molecule has 7 nitrogen and oxygen atoms in total. The smallest absolute Gasteiger partial charge is 0.229 e. The van der Waals surface area contributed by atoms with Crippen molar-refractivity contribution in [1.82, 2.24) is 20.1 Å². The number of hydrogen-bond donors (Lipinski definition) is 1. The van der Waals surface area contributed by atoms with E-state index in [1.807, 2.05) is 65.7 Å². The Kier molecular flexibility index (Phi) is 8.57. The second-order valence-corrected chi connectivity index (χ2v) is 10.8. The zero-order chi connectivity index (χ0) is 27.1. The van der Waals surface area contributed by atoms with Crippen molar-refractivity contribution in [2.75, 3.05) is 33.3 Å². The lowest BCUT2D eigenvalue weighted by atomic mass is 9.77. The standard InChI is InChI=1S/C32H38N4O3/c1-39-28-11-9-25(10-12-28)22-30(37)34-29(27-7-3-2-4-8-27)13-18-35-19-14-32(15-20-35)16-21-36(31(32)38)24-26-6-5-17-33-23-26/h2-12,17,23,29H,13-16,18-22,24H2,1H3,(H,34,37). The molecule has 0 saturated carbocycles. The van der Waals surface area contributed by atoms with Crippen molar-refractivity contribution in [3.8, 4) is 5.75 Å². The van der Waals surface area contributed by atoms with E-state index in [0.717, 1.165) is 74.3 Å². The van der Waals surface area contributed by atoms with Crippen molar-refractivity contribution in [2.45, 2.75) is 44.7 Å². The Hall–Kier alpha value is -3.71. The summed E-state index contributed by atoms with van der Waals surface area (Å²) in [7, 11) is 1.64. The number of likely N-dealkylation sites (tertiary alicyclic amines) is 2. The number of ether oxygens (including phenoxy) is 1. The lowest BCUT2D eigenvalue weighted by Crippen LogP contribution is -2.45. The first-order valence-electron chi connectivity index (χ1n) is 13.9. The fourth-order valence-electron chi connectivity index (χ4n) is 5.92. The van der Waals surface area contributed by atoms with Crippen LogP contribution in [-0.4, -0.2) is 59.9 Å². The summed E-state index contributed by atoms with van der Waals surface area (Å²) in [4.78, 5) is 35.0. The highest BCUT2D eigenvalue weighted by Gasteiger charge is 2.47. The minimum atomic E-state index is -0.218. The van der Waals surface area contributed by atoms with E-state index >= 15 is 0 Å². The third kappa shape index (κ3) is 6.66. The van der Waals surface area contributed by atoms with Crippen LogP contribution in [0.4, 0.5) is 0 Å². The molecule has 2 aromatic carbocycles. The molecular weight excluding hydrogens is 488 g/mol. The Balaban J connectivity index is 1.14. The minimum Gasteiger partial charge on any atom is -0.497 e. The molecule has 5 rings (SSSR count). The van der Waals surface area contributed by atoms with E-state index < -0.39 is 0 Å². The number of methoxy groups -OCH3 is 1. The Labute approximate surface area is 231 Å². The summed E-state index contributed by atoms with van der Waals surface area (Å²) < 4.78 is 5.22. The number of benzene rings is 2. The maximum atomic E-state index is 13.4. The third-order valence-electron chi connectivity index (χ3n) is 8.31. The maximum Gasteiger partial charge on any atom is 0.229 e. The normalized spacial score (nSPS) is 17.8. The summed E-state index contributed by atoms with van der Waals surface area (Å²) in [6.45, 7) is 4.17. The van der Waals surface area contributed by atoms with Gasteiger partial charge in [0, 0.05) is 32.0 Å². The molecule has 39 heavy (non-hydrogen) atoms. The second-order valence-electron chi connectivity index (χ2n) is 10.8. The summed E-state index contributed by atoms with van der Waals surface area (Å²) in [5.41, 5.74) is 2.94. The second kappa shape index (κ2) is 12.4. The van der Waals surface area contributed by atoms with Crippen LogP contribution >= 0.6 is 0 Å². The summed E-state index contributed by atoms with van der Waals surface area (Å²) in [5.74, 6) is 1.10. The Morgan fingerprint density at radius 1 is 0.974 bits per heavy atom. The van der Waals surface area contributed by atoms with Gasteiger partial charge in [0.15, 0.2) is 0 Å². The number of carbonyl (C=O) groups excluding carboxylic acids is 2. The van der Waals surface area contributed by atoms with Gasteiger partial charge >= 0.3 is 0 Å². The van der Waals surface area contributed by atoms with E-state index in [0.29, 0.717) is 18.9 Å². The molecule has 0 bridgehead atoms. The van der Waals surface area contributed by atoms with Crippen LogP contribution in [0.15, 0.2) is 79.1 Å². The summed E-state index contributed by atoms with van der Waals surface area (Å²) in [5, 5.41) is 3.27. The van der Waals surface area contributed by atoms with Crippen LogP contribution in [0, 0.1) is 5.41 Å². The van der Waals surface area contributed by atoms with Crippen LogP contribution in [0.3, 0.4) is 0 Å². The first kappa shape index (κ1) is 26.9. The molecule has 1 N–H and O–H groups in total. The van der Waals surface area contributed by atoms with E-state index in [2.05, 4.69) is 27.3 Å². The van der Waals surface area contributed by atoms with Crippen LogP contribution in [0.25, 0.3) is 0 Å². The predicted molar refractivity (Wildman–Crippen MR) is 151 cm³/mol. The highest BCUT2D eigenvalue weighted by molar-refractivity contribution is 5.85. The van der Waals surface area contributed by atoms with Gasteiger partial charge in [-0.25, -0.2) is 0 Å². The van der Waals surface area contributed by atoms with Crippen LogP contribution in [0.5, 0.6) is 5.75 Å². The molecule has 2 aliphatic heterocycles. The van der Waals surface area contributed by atoms with Gasteiger partial charge < -0.3 is 19.9 Å². The van der Waals surface area contributed by atoms with Crippen molar-refractivity contribution in [3.63, 3.8) is 0 Å². The molecule has 2 aliphatic rings. The van der Waals surface area contributed by atoms with Gasteiger partial charge in [0.05, 0.1) is 25.0 Å². The Morgan fingerprint density at radius 3 is 2.41 bits per heavy atom. The molecule has 2 saturated heterocycles. The molecule has 2 fully saturated rings. The van der Waals surface area contributed by atoms with Crippen LogP contribution < -0.4 is 10.1 Å². The summed E-state index contributed by atoms with van der Waals surface area (Å²) in [6.07, 6.45) is 7.50. The highest BCUT2D eigenvalue weighted by atomic mass is 16.5. The van der Waals surface area contributed by atoms with Crippen LogP contribution in [0.1, 0.15) is 48.4 Å². The number of hydrogen-bond acceptors (Lipinski definition) is 5. The molecule has 204 valence electrons. The molecule has 1 unspecified atom stereocenters. The zero-order valence-electron chi connectivity index (χ0n) is 22.7. The number of piperidine rings is 1. The molecule has 7 heteroatoms. The van der Waals surface area contributed by atoms with Gasteiger partial charge in [-0.2, -0.15) is 0 Å². The quantitative estimate of drug-likeness (QED) is 0.424. The maximum absolute atomic E-state index is 13.4. The van der Waals surface area contributed by atoms with Crippen molar-refractivity contribution in [3.05, 3.63) is 95.8 Å². The Morgan fingerprint density at radius 2 is 1.72 bits per heavy atom. The first-order chi connectivity index (χ1) is 19.0. The SMILES string of the molecule is COc1ccc(CC(=O)NC(CCN2CCC3(CC2)CCN(Cc2cccnc2)C3=O)c2ccccc2)cc1. The Bertz CT molecular complexity index is 1230. The van der Waals surface area contributed by atoms with Gasteiger partial charge in [0.2, 0.25) is 11.8 Å². The molecule has 1 spiro atoms. The lowest BCUT2D eigenvalue weighted by molar-refractivity contribution is -0.139. The van der Waals surface area contributed by atoms with Crippen molar-refractivity contribution in [1.29, 1.82) is 0 Å². The summed E-state index contributed by atoms with van der Waals surface area (Å²) in [6, 6.07) is 21.7. The van der Waals surface area contributed by atoms with E-state index in [4.69, 9.17) is 4.74 Å². The van der Waals surface area contributed by atoms with Crippen molar-refractivity contribution < 1.29 is 14.3 Å². The van der Waals surface area contributed by atoms with E-state index in [1.54, 1.807) is 13.3 Å². The van der Waals surface area contributed by atoms with Crippen molar-refractivity contribution >= 4 is 11.8 Å². The molecule has 0 radical (unpaired) electrons. The molecule has 0 aliphatic carbocycles. The van der Waals surface area contributed by atoms with Gasteiger partial charge in [0.1, 0.15) is 5.75 Å². The number of nitrogens with one attached hydrogen (secondary N) is 1. The number of carbonyl (C=O) groups is 2. The topological polar surface area (TPSA) is 74.8 Å². The number of nitrogens with zero attached hydrogens (tertiary/aromatic N) is 3. The van der Waals surface area contributed by atoms with Gasteiger partial charge in [0.25, 0.3) is 0 Å². The molecule has 1 atom stereocenters. The molecule has 1 aromatic heterocycles. The summed E-state index contributed by atoms with van der Waals surface area (Å²) >= 11 is 0. The largest absolute Gasteiger partial charge is 0.497 e.